The van der Waals surface area contributed by atoms with Crippen LogP contribution in [0.4, 0.5) is 0 Å². The number of benzene rings is 1. The Morgan fingerprint density at radius 3 is 2.81 bits per heavy atom. The molecule has 0 saturated carbocycles. The van der Waals surface area contributed by atoms with Gasteiger partial charge in [0, 0.05) is 12.7 Å². The minimum Gasteiger partial charge on any atom is -0.480 e. The summed E-state index contributed by atoms with van der Waals surface area (Å²) in [6.07, 6.45) is 3.36. The lowest BCUT2D eigenvalue weighted by molar-refractivity contribution is -0.138. The zero-order valence-corrected chi connectivity index (χ0v) is 12.1. The zero-order valence-electron chi connectivity index (χ0n) is 12.1. The van der Waals surface area contributed by atoms with Crippen molar-refractivity contribution >= 4 is 5.97 Å². The molecule has 1 aromatic carbocycles. The van der Waals surface area contributed by atoms with Crippen molar-refractivity contribution in [3.63, 3.8) is 0 Å². The van der Waals surface area contributed by atoms with Crippen LogP contribution in [0, 0.1) is 6.92 Å². The van der Waals surface area contributed by atoms with Crippen LogP contribution in [-0.2, 0) is 11.3 Å². The third-order valence-electron chi connectivity index (χ3n) is 2.96. The molecule has 0 aliphatic heterocycles. The van der Waals surface area contributed by atoms with Gasteiger partial charge in [-0.2, -0.15) is 0 Å². The molecule has 2 rings (SSSR count). The number of ether oxygens (including phenoxy) is 1. The van der Waals surface area contributed by atoms with Crippen LogP contribution < -0.4 is 4.74 Å². The van der Waals surface area contributed by atoms with E-state index in [0.717, 1.165) is 16.9 Å². The molecule has 21 heavy (non-hydrogen) atoms. The predicted molar refractivity (Wildman–Crippen MR) is 79.5 cm³/mol. The highest BCUT2D eigenvalue weighted by Gasteiger charge is 2.07. The Bertz CT molecular complexity index is 614. The van der Waals surface area contributed by atoms with Crippen molar-refractivity contribution in [2.45, 2.75) is 13.5 Å². The van der Waals surface area contributed by atoms with E-state index in [-0.39, 0.29) is 6.54 Å². The Morgan fingerprint density at radius 1 is 1.38 bits per heavy atom. The molecule has 0 atom stereocenters. The molecular weight excluding hydrogens is 268 g/mol. The lowest BCUT2D eigenvalue weighted by atomic mass is 10.1. The van der Waals surface area contributed by atoms with E-state index in [1.54, 1.807) is 24.3 Å². The van der Waals surface area contributed by atoms with Gasteiger partial charge in [0.15, 0.2) is 0 Å². The van der Waals surface area contributed by atoms with Gasteiger partial charge in [0.25, 0.3) is 0 Å². The second-order valence-corrected chi connectivity index (χ2v) is 4.96. The highest BCUT2D eigenvalue weighted by Crippen LogP contribution is 2.25. The van der Waals surface area contributed by atoms with Crippen molar-refractivity contribution in [1.29, 1.82) is 0 Å². The van der Waals surface area contributed by atoms with Gasteiger partial charge in [0.2, 0.25) is 0 Å². The molecule has 0 spiro atoms. The predicted octanol–water partition coefficient (Wildman–Crippen LogP) is 2.70. The van der Waals surface area contributed by atoms with Crippen molar-refractivity contribution in [1.82, 2.24) is 9.88 Å². The van der Waals surface area contributed by atoms with Crippen LogP contribution in [0.25, 0.3) is 0 Å². The van der Waals surface area contributed by atoms with Gasteiger partial charge in [-0.3, -0.25) is 14.7 Å². The maximum absolute atomic E-state index is 10.7. The molecule has 0 aliphatic rings. The van der Waals surface area contributed by atoms with Crippen molar-refractivity contribution in [2.24, 2.45) is 0 Å². The van der Waals surface area contributed by atoms with E-state index < -0.39 is 5.97 Å². The lowest BCUT2D eigenvalue weighted by Crippen LogP contribution is -2.25. The first-order valence-corrected chi connectivity index (χ1v) is 6.62. The average molecular weight is 286 g/mol. The van der Waals surface area contributed by atoms with E-state index >= 15 is 0 Å². The molecular formula is C16H18N2O3. The summed E-state index contributed by atoms with van der Waals surface area (Å²) >= 11 is 0. The van der Waals surface area contributed by atoms with Gasteiger partial charge in [0.1, 0.15) is 11.5 Å². The molecule has 0 bridgehead atoms. The van der Waals surface area contributed by atoms with Gasteiger partial charge >= 0.3 is 5.97 Å². The van der Waals surface area contributed by atoms with E-state index in [9.17, 15) is 4.79 Å². The number of carboxylic acid groups (broad SMARTS) is 1. The monoisotopic (exact) mass is 286 g/mol. The van der Waals surface area contributed by atoms with Crippen LogP contribution >= 0.6 is 0 Å². The fourth-order valence-corrected chi connectivity index (χ4v) is 2.06. The van der Waals surface area contributed by atoms with Gasteiger partial charge in [-0.15, -0.1) is 0 Å². The molecule has 2 aromatic rings. The summed E-state index contributed by atoms with van der Waals surface area (Å²) in [7, 11) is 1.78. The smallest absolute Gasteiger partial charge is 0.317 e. The molecule has 5 heteroatoms. The topological polar surface area (TPSA) is 62.7 Å². The third-order valence-corrected chi connectivity index (χ3v) is 2.96. The maximum Gasteiger partial charge on any atom is 0.317 e. The highest BCUT2D eigenvalue weighted by molar-refractivity contribution is 5.69. The number of rotatable bonds is 6. The first kappa shape index (κ1) is 15.0. The van der Waals surface area contributed by atoms with Crippen LogP contribution in [0.15, 0.2) is 42.7 Å². The Morgan fingerprint density at radius 2 is 2.19 bits per heavy atom. The Kier molecular flexibility index (Phi) is 4.90. The fourth-order valence-electron chi connectivity index (χ4n) is 2.06. The van der Waals surface area contributed by atoms with Gasteiger partial charge in [-0.05, 0) is 43.3 Å². The van der Waals surface area contributed by atoms with Crippen molar-refractivity contribution < 1.29 is 14.6 Å². The zero-order chi connectivity index (χ0) is 15.2. The summed E-state index contributed by atoms with van der Waals surface area (Å²) in [4.78, 5) is 16.4. The van der Waals surface area contributed by atoms with Crippen molar-refractivity contribution in [2.75, 3.05) is 13.6 Å². The van der Waals surface area contributed by atoms with E-state index in [0.29, 0.717) is 12.3 Å². The molecule has 0 fully saturated rings. The lowest BCUT2D eigenvalue weighted by Gasteiger charge is -2.15. The average Bonchev–Trinajstić information content (AvgIpc) is 2.42. The number of likely N-dealkylation sites (N-methyl/N-ethyl adjacent to an activating group) is 1. The number of pyridine rings is 1. The standard InChI is InChI=1S/C16H18N2O3/c1-12-8-13(10-18(2)11-16(19)20)5-6-15(12)21-14-4-3-7-17-9-14/h3-9H,10-11H2,1-2H3,(H,19,20). The Labute approximate surface area is 123 Å². The molecule has 1 aromatic heterocycles. The number of hydrogen-bond donors (Lipinski definition) is 1. The van der Waals surface area contributed by atoms with Crippen LogP contribution in [0.5, 0.6) is 11.5 Å². The van der Waals surface area contributed by atoms with Gasteiger partial charge in [-0.25, -0.2) is 0 Å². The Hall–Kier alpha value is -2.40. The number of carboxylic acids is 1. The molecule has 0 aliphatic carbocycles. The maximum atomic E-state index is 10.7. The minimum atomic E-state index is -0.828. The molecule has 0 unspecified atom stereocenters. The largest absolute Gasteiger partial charge is 0.480 e. The summed E-state index contributed by atoms with van der Waals surface area (Å²) in [6.45, 7) is 2.57. The Balaban J connectivity index is 2.05. The number of aliphatic carboxylic acids is 1. The summed E-state index contributed by atoms with van der Waals surface area (Å²) < 4.78 is 5.76. The number of nitrogens with zero attached hydrogens (tertiary/aromatic N) is 2. The summed E-state index contributed by atoms with van der Waals surface area (Å²) in [5.41, 5.74) is 2.05. The molecule has 0 radical (unpaired) electrons. The van der Waals surface area contributed by atoms with Crippen LogP contribution in [0.3, 0.4) is 0 Å². The van der Waals surface area contributed by atoms with Crippen LogP contribution in [0.1, 0.15) is 11.1 Å². The van der Waals surface area contributed by atoms with Crippen LogP contribution in [0.2, 0.25) is 0 Å². The molecule has 110 valence electrons. The van der Waals surface area contributed by atoms with Gasteiger partial charge in [-0.1, -0.05) is 12.1 Å². The van der Waals surface area contributed by atoms with Gasteiger partial charge in [0.05, 0.1) is 12.7 Å². The SMILES string of the molecule is Cc1cc(CN(C)CC(=O)O)ccc1Oc1cccnc1. The minimum absolute atomic E-state index is 0.0208. The number of aromatic nitrogens is 1. The van der Waals surface area contributed by atoms with Crippen molar-refractivity contribution in [3.8, 4) is 11.5 Å². The summed E-state index contributed by atoms with van der Waals surface area (Å²) in [5.74, 6) is 0.634. The van der Waals surface area contributed by atoms with E-state index in [1.807, 2.05) is 37.3 Å². The second-order valence-electron chi connectivity index (χ2n) is 4.96. The van der Waals surface area contributed by atoms with Crippen LogP contribution in [-0.4, -0.2) is 34.6 Å². The molecule has 5 nitrogen and oxygen atoms in total. The van der Waals surface area contributed by atoms with E-state index in [2.05, 4.69) is 4.98 Å². The third kappa shape index (κ3) is 4.57. The normalized spacial score (nSPS) is 10.6. The van der Waals surface area contributed by atoms with E-state index in [4.69, 9.17) is 9.84 Å². The molecule has 0 amide bonds. The van der Waals surface area contributed by atoms with Gasteiger partial charge < -0.3 is 9.84 Å². The fraction of sp³-hybridized carbons (Fsp3) is 0.250. The summed E-state index contributed by atoms with van der Waals surface area (Å²) in [6, 6.07) is 9.51. The first-order chi connectivity index (χ1) is 10.0. The number of hydrogen-bond acceptors (Lipinski definition) is 4. The number of aryl methyl sites for hydroxylation is 1. The quantitative estimate of drug-likeness (QED) is 0.884. The highest BCUT2D eigenvalue weighted by atomic mass is 16.5. The second kappa shape index (κ2) is 6.85. The molecule has 1 heterocycles. The van der Waals surface area contributed by atoms with E-state index in [1.165, 1.54) is 0 Å². The molecule has 1 N–H and O–H groups in total. The number of carbonyl (C=O) groups is 1. The summed E-state index contributed by atoms with van der Waals surface area (Å²) in [5, 5.41) is 8.76. The first-order valence-electron chi connectivity index (χ1n) is 6.62. The molecule has 0 saturated heterocycles. The van der Waals surface area contributed by atoms with Crippen molar-refractivity contribution in [3.05, 3.63) is 53.9 Å².